The third-order valence-corrected chi connectivity index (χ3v) is 2.86. The number of hydrogen-bond donors (Lipinski definition) is 1. The number of ether oxygens (including phenoxy) is 1. The fourth-order valence-corrected chi connectivity index (χ4v) is 1.68. The van der Waals surface area contributed by atoms with Crippen molar-refractivity contribution in [3.05, 3.63) is 23.8 Å². The molecule has 0 aliphatic rings. The molecule has 84 valence electrons. The molecule has 0 bridgehead atoms. The van der Waals surface area contributed by atoms with Gasteiger partial charge in [0.05, 0.1) is 5.69 Å². The summed E-state index contributed by atoms with van der Waals surface area (Å²) in [5.41, 5.74) is 6.04. The molecule has 1 aromatic rings. The molecule has 0 saturated heterocycles. The Morgan fingerprint density at radius 1 is 1.40 bits per heavy atom. The van der Waals surface area contributed by atoms with Crippen LogP contribution in [0.3, 0.4) is 0 Å². The van der Waals surface area contributed by atoms with E-state index in [1.54, 1.807) is 13.3 Å². The van der Waals surface area contributed by atoms with Gasteiger partial charge in [-0.1, -0.05) is 13.8 Å². The summed E-state index contributed by atoms with van der Waals surface area (Å²) >= 11 is 0. The highest BCUT2D eigenvalue weighted by Gasteiger charge is 2.31. The van der Waals surface area contributed by atoms with Crippen molar-refractivity contribution in [3.8, 4) is 0 Å². The van der Waals surface area contributed by atoms with Gasteiger partial charge in [0.2, 0.25) is 0 Å². The van der Waals surface area contributed by atoms with Gasteiger partial charge < -0.3 is 10.5 Å². The van der Waals surface area contributed by atoms with Crippen LogP contribution in [0.25, 0.3) is 0 Å². The summed E-state index contributed by atoms with van der Waals surface area (Å²) in [5.74, 6) is 0.734. The van der Waals surface area contributed by atoms with Gasteiger partial charge >= 0.3 is 0 Å². The van der Waals surface area contributed by atoms with E-state index in [1.807, 2.05) is 6.07 Å². The molecule has 0 atom stereocenters. The number of methoxy groups -OCH3 is 1. The minimum atomic E-state index is -0.370. The van der Waals surface area contributed by atoms with E-state index >= 15 is 0 Å². The highest BCUT2D eigenvalue weighted by atomic mass is 16.5. The molecule has 1 heterocycles. The first-order valence-corrected chi connectivity index (χ1v) is 5.30. The Bertz CT molecular complexity index is 302. The van der Waals surface area contributed by atoms with Crippen LogP contribution in [0.4, 0.5) is 0 Å². The molecule has 4 nitrogen and oxygen atoms in total. The van der Waals surface area contributed by atoms with E-state index in [0.717, 1.165) is 24.4 Å². The Morgan fingerprint density at radius 2 is 2.07 bits per heavy atom. The molecule has 0 aliphatic carbocycles. The SMILES string of the molecule is CCC(CC)(OC)c1nccc(CN)n1. The van der Waals surface area contributed by atoms with E-state index in [9.17, 15) is 0 Å². The fraction of sp³-hybridized carbons (Fsp3) is 0.636. The zero-order chi connectivity index (χ0) is 11.3. The van der Waals surface area contributed by atoms with Gasteiger partial charge in [-0.15, -0.1) is 0 Å². The molecular formula is C11H19N3O. The predicted octanol–water partition coefficient (Wildman–Crippen LogP) is 1.60. The maximum atomic E-state index is 5.56. The molecule has 0 saturated carbocycles. The van der Waals surface area contributed by atoms with E-state index in [2.05, 4.69) is 23.8 Å². The summed E-state index contributed by atoms with van der Waals surface area (Å²) in [7, 11) is 1.70. The summed E-state index contributed by atoms with van der Waals surface area (Å²) in [6.07, 6.45) is 3.45. The second-order valence-electron chi connectivity index (χ2n) is 3.48. The minimum Gasteiger partial charge on any atom is -0.370 e. The summed E-state index contributed by atoms with van der Waals surface area (Å²) < 4.78 is 5.56. The van der Waals surface area contributed by atoms with Crippen molar-refractivity contribution in [2.75, 3.05) is 7.11 Å². The van der Waals surface area contributed by atoms with Crippen LogP contribution in [0.5, 0.6) is 0 Å². The van der Waals surface area contributed by atoms with Crippen molar-refractivity contribution >= 4 is 0 Å². The zero-order valence-electron chi connectivity index (χ0n) is 9.66. The van der Waals surface area contributed by atoms with E-state index < -0.39 is 0 Å². The van der Waals surface area contributed by atoms with Crippen LogP contribution in [-0.2, 0) is 16.9 Å². The van der Waals surface area contributed by atoms with Gasteiger partial charge in [0.25, 0.3) is 0 Å². The molecule has 0 radical (unpaired) electrons. The van der Waals surface area contributed by atoms with E-state index in [0.29, 0.717) is 6.54 Å². The van der Waals surface area contributed by atoms with Crippen LogP contribution in [0, 0.1) is 0 Å². The second-order valence-corrected chi connectivity index (χ2v) is 3.48. The van der Waals surface area contributed by atoms with Gasteiger partial charge in [-0.05, 0) is 18.9 Å². The quantitative estimate of drug-likeness (QED) is 0.800. The molecule has 1 aromatic heterocycles. The van der Waals surface area contributed by atoms with Gasteiger partial charge in [0, 0.05) is 19.9 Å². The van der Waals surface area contributed by atoms with E-state index in [4.69, 9.17) is 10.5 Å². The monoisotopic (exact) mass is 209 g/mol. The Balaban J connectivity index is 3.10. The first-order valence-electron chi connectivity index (χ1n) is 5.30. The molecular weight excluding hydrogens is 190 g/mol. The minimum absolute atomic E-state index is 0.370. The Hall–Kier alpha value is -1.00. The van der Waals surface area contributed by atoms with Crippen molar-refractivity contribution in [3.63, 3.8) is 0 Å². The normalized spacial score (nSPS) is 11.7. The lowest BCUT2D eigenvalue weighted by Gasteiger charge is -2.28. The third kappa shape index (κ3) is 2.33. The van der Waals surface area contributed by atoms with Crippen LogP contribution in [0.2, 0.25) is 0 Å². The Labute approximate surface area is 90.9 Å². The van der Waals surface area contributed by atoms with Gasteiger partial charge in [-0.25, -0.2) is 9.97 Å². The van der Waals surface area contributed by atoms with Gasteiger partial charge in [0.15, 0.2) is 5.82 Å². The molecule has 0 fully saturated rings. The largest absolute Gasteiger partial charge is 0.370 e. The first kappa shape index (κ1) is 12.1. The molecule has 1 rings (SSSR count). The van der Waals surface area contributed by atoms with Gasteiger partial charge in [0.1, 0.15) is 5.60 Å². The van der Waals surface area contributed by atoms with Crippen molar-refractivity contribution < 1.29 is 4.74 Å². The van der Waals surface area contributed by atoms with Crippen LogP contribution >= 0.6 is 0 Å². The molecule has 0 unspecified atom stereocenters. The van der Waals surface area contributed by atoms with Crippen LogP contribution in [0.1, 0.15) is 38.2 Å². The average Bonchev–Trinajstić information content (AvgIpc) is 2.32. The van der Waals surface area contributed by atoms with Crippen LogP contribution in [0.15, 0.2) is 12.3 Å². The lowest BCUT2D eigenvalue weighted by atomic mass is 9.96. The lowest BCUT2D eigenvalue weighted by Crippen LogP contribution is -2.29. The summed E-state index contributed by atoms with van der Waals surface area (Å²) in [6.45, 7) is 4.58. The summed E-state index contributed by atoms with van der Waals surface area (Å²) in [4.78, 5) is 8.70. The fourth-order valence-electron chi connectivity index (χ4n) is 1.68. The third-order valence-electron chi connectivity index (χ3n) is 2.86. The predicted molar refractivity (Wildman–Crippen MR) is 59.2 cm³/mol. The zero-order valence-corrected chi connectivity index (χ0v) is 9.66. The Morgan fingerprint density at radius 3 is 2.53 bits per heavy atom. The smallest absolute Gasteiger partial charge is 0.160 e. The standard InChI is InChI=1S/C11H19N3O/c1-4-11(5-2,15-3)10-13-7-6-9(8-12)14-10/h6-7H,4-5,8,12H2,1-3H3. The van der Waals surface area contributed by atoms with Crippen LogP contribution in [-0.4, -0.2) is 17.1 Å². The molecule has 0 aliphatic heterocycles. The Kier molecular flexibility index (Phi) is 4.17. The highest BCUT2D eigenvalue weighted by Crippen LogP contribution is 2.29. The molecule has 0 spiro atoms. The van der Waals surface area contributed by atoms with Gasteiger partial charge in [-0.2, -0.15) is 0 Å². The first-order chi connectivity index (χ1) is 7.22. The molecule has 0 amide bonds. The van der Waals surface area contributed by atoms with E-state index in [1.165, 1.54) is 0 Å². The number of rotatable bonds is 5. The topological polar surface area (TPSA) is 61.0 Å². The van der Waals surface area contributed by atoms with Gasteiger partial charge in [-0.3, -0.25) is 0 Å². The molecule has 0 aromatic carbocycles. The number of nitrogens with two attached hydrogens (primary N) is 1. The number of nitrogens with zero attached hydrogens (tertiary/aromatic N) is 2. The summed E-state index contributed by atoms with van der Waals surface area (Å²) in [6, 6.07) is 1.83. The van der Waals surface area contributed by atoms with Crippen molar-refractivity contribution in [2.24, 2.45) is 5.73 Å². The van der Waals surface area contributed by atoms with Crippen molar-refractivity contribution in [1.29, 1.82) is 0 Å². The van der Waals surface area contributed by atoms with Crippen molar-refractivity contribution in [2.45, 2.75) is 38.8 Å². The maximum absolute atomic E-state index is 5.56. The lowest BCUT2D eigenvalue weighted by molar-refractivity contribution is -0.0293. The van der Waals surface area contributed by atoms with Crippen LogP contribution < -0.4 is 5.73 Å². The van der Waals surface area contributed by atoms with Crippen molar-refractivity contribution in [1.82, 2.24) is 9.97 Å². The summed E-state index contributed by atoms with van der Waals surface area (Å²) in [5, 5.41) is 0. The molecule has 2 N–H and O–H groups in total. The highest BCUT2D eigenvalue weighted by molar-refractivity contribution is 5.08. The molecule has 4 heteroatoms. The maximum Gasteiger partial charge on any atom is 0.160 e. The average molecular weight is 209 g/mol. The number of aromatic nitrogens is 2. The molecule has 15 heavy (non-hydrogen) atoms. The second kappa shape index (κ2) is 5.19. The van der Waals surface area contributed by atoms with E-state index in [-0.39, 0.29) is 5.60 Å². The number of hydrogen-bond acceptors (Lipinski definition) is 4.